The summed E-state index contributed by atoms with van der Waals surface area (Å²) in [7, 11) is 0. The van der Waals surface area contributed by atoms with Gasteiger partial charge in [-0.2, -0.15) is 0 Å². The Kier molecular flexibility index (Phi) is 5.66. The van der Waals surface area contributed by atoms with E-state index < -0.39 is 0 Å². The smallest absolute Gasteiger partial charge is 0.265 e. The van der Waals surface area contributed by atoms with Gasteiger partial charge in [0.1, 0.15) is 4.88 Å². The summed E-state index contributed by atoms with van der Waals surface area (Å²) < 4.78 is 0.916. The lowest BCUT2D eigenvalue weighted by atomic mass is 10.3. The van der Waals surface area contributed by atoms with Crippen molar-refractivity contribution < 1.29 is 4.79 Å². The summed E-state index contributed by atoms with van der Waals surface area (Å²) in [5.41, 5.74) is 0. The van der Waals surface area contributed by atoms with E-state index in [0.29, 0.717) is 0 Å². The number of hydrogen-bond acceptors (Lipinski definition) is 3. The summed E-state index contributed by atoms with van der Waals surface area (Å²) in [6.45, 7) is 4.81. The average Bonchev–Trinajstić information content (AvgIpc) is 2.64. The van der Waals surface area contributed by atoms with Gasteiger partial charge in [-0.3, -0.25) is 4.79 Å². The van der Waals surface area contributed by atoms with Crippen LogP contribution in [0.4, 0.5) is 0 Å². The monoisotopic (exact) mass is 394 g/mol. The molecule has 1 aromatic rings. The summed E-state index contributed by atoms with van der Waals surface area (Å²) in [5, 5.41) is 2.95. The maximum Gasteiger partial charge on any atom is 0.265 e. The maximum absolute atomic E-state index is 12.4. The van der Waals surface area contributed by atoms with Gasteiger partial charge in [0.05, 0.1) is 0 Å². The van der Waals surface area contributed by atoms with Gasteiger partial charge in [-0.15, -0.1) is 11.3 Å². The Bertz CT molecular complexity index is 411. The number of hydrogen-bond donors (Lipinski definition) is 0. The number of thiophene rings is 1. The molecule has 1 aliphatic rings. The molecule has 18 heavy (non-hydrogen) atoms. The molecule has 0 N–H and O–H groups in total. The standard InChI is InChI=1S/C12H16Br2N2OS/c13-3-6-15-4-1-5-16(8-7-15)12(17)11-10(14)2-9-18-11/h2,9H,1,3-8H2. The molecule has 2 rings (SSSR count). The highest BCUT2D eigenvalue weighted by Crippen LogP contribution is 2.24. The minimum atomic E-state index is 0.164. The third-order valence-electron chi connectivity index (χ3n) is 3.09. The highest BCUT2D eigenvalue weighted by Gasteiger charge is 2.22. The summed E-state index contributed by atoms with van der Waals surface area (Å²) >= 11 is 8.41. The Hall–Kier alpha value is 0.0900. The van der Waals surface area contributed by atoms with E-state index in [0.717, 1.165) is 53.8 Å². The molecule has 1 aliphatic heterocycles. The Morgan fingerprint density at radius 3 is 2.83 bits per heavy atom. The van der Waals surface area contributed by atoms with Gasteiger partial charge < -0.3 is 9.80 Å². The lowest BCUT2D eigenvalue weighted by Gasteiger charge is -2.21. The van der Waals surface area contributed by atoms with Gasteiger partial charge in [-0.05, 0) is 40.3 Å². The lowest BCUT2D eigenvalue weighted by molar-refractivity contribution is 0.0766. The van der Waals surface area contributed by atoms with Crippen molar-refractivity contribution in [3.8, 4) is 0 Å². The first-order valence-corrected chi connectivity index (χ1v) is 8.82. The van der Waals surface area contributed by atoms with Crippen molar-refractivity contribution in [2.24, 2.45) is 0 Å². The van der Waals surface area contributed by atoms with Gasteiger partial charge >= 0.3 is 0 Å². The van der Waals surface area contributed by atoms with E-state index in [2.05, 4.69) is 36.8 Å². The van der Waals surface area contributed by atoms with Crippen LogP contribution in [0.2, 0.25) is 0 Å². The first-order chi connectivity index (χ1) is 8.72. The lowest BCUT2D eigenvalue weighted by Crippen LogP contribution is -2.35. The molecule has 0 aliphatic carbocycles. The molecule has 6 heteroatoms. The van der Waals surface area contributed by atoms with Crippen molar-refractivity contribution in [3.05, 3.63) is 20.8 Å². The fourth-order valence-corrected chi connectivity index (χ4v) is 4.12. The zero-order valence-electron chi connectivity index (χ0n) is 10.1. The van der Waals surface area contributed by atoms with Crippen LogP contribution in [0.1, 0.15) is 16.1 Å². The molecule has 1 aromatic heterocycles. The number of amides is 1. The van der Waals surface area contributed by atoms with Crippen LogP contribution in [0.3, 0.4) is 0 Å². The van der Waals surface area contributed by atoms with Crippen LogP contribution in [0, 0.1) is 0 Å². The van der Waals surface area contributed by atoms with Crippen molar-refractivity contribution in [3.63, 3.8) is 0 Å². The molecular weight excluding hydrogens is 380 g/mol. The van der Waals surface area contributed by atoms with E-state index in [4.69, 9.17) is 0 Å². The molecule has 0 atom stereocenters. The predicted octanol–water partition coefficient (Wildman–Crippen LogP) is 3.05. The number of carbonyl (C=O) groups excluding carboxylic acids is 1. The molecule has 0 spiro atoms. The fraction of sp³-hybridized carbons (Fsp3) is 0.583. The predicted molar refractivity (Wildman–Crippen MR) is 82.8 cm³/mol. The number of halogens is 2. The average molecular weight is 396 g/mol. The van der Waals surface area contributed by atoms with Crippen LogP contribution < -0.4 is 0 Å². The first kappa shape index (κ1) is 14.5. The third-order valence-corrected chi connectivity index (χ3v) is 5.27. The minimum Gasteiger partial charge on any atom is -0.337 e. The van der Waals surface area contributed by atoms with Crippen LogP contribution in [0.15, 0.2) is 15.9 Å². The largest absolute Gasteiger partial charge is 0.337 e. The van der Waals surface area contributed by atoms with Crippen molar-refractivity contribution in [2.45, 2.75) is 6.42 Å². The highest BCUT2D eigenvalue weighted by molar-refractivity contribution is 9.10. The minimum absolute atomic E-state index is 0.164. The SMILES string of the molecule is O=C(c1sccc1Br)N1CCCN(CCBr)CC1. The van der Waals surface area contributed by atoms with E-state index >= 15 is 0 Å². The van der Waals surface area contributed by atoms with Gasteiger partial charge in [-0.25, -0.2) is 0 Å². The topological polar surface area (TPSA) is 23.6 Å². The van der Waals surface area contributed by atoms with Crippen LogP contribution in [-0.2, 0) is 0 Å². The molecule has 0 saturated carbocycles. The quantitative estimate of drug-likeness (QED) is 0.734. The summed E-state index contributed by atoms with van der Waals surface area (Å²) in [6.07, 6.45) is 1.06. The molecule has 0 unspecified atom stereocenters. The molecule has 1 saturated heterocycles. The zero-order valence-corrected chi connectivity index (χ0v) is 14.1. The van der Waals surface area contributed by atoms with Crippen LogP contribution in [-0.4, -0.2) is 53.8 Å². The molecule has 0 radical (unpaired) electrons. The van der Waals surface area contributed by atoms with E-state index in [1.54, 1.807) is 0 Å². The highest BCUT2D eigenvalue weighted by atomic mass is 79.9. The van der Waals surface area contributed by atoms with E-state index in [1.807, 2.05) is 16.3 Å². The van der Waals surface area contributed by atoms with E-state index in [9.17, 15) is 4.79 Å². The van der Waals surface area contributed by atoms with Gasteiger partial charge in [0.25, 0.3) is 5.91 Å². The van der Waals surface area contributed by atoms with Gasteiger partial charge in [0, 0.05) is 36.0 Å². The van der Waals surface area contributed by atoms with E-state index in [1.165, 1.54) is 11.3 Å². The van der Waals surface area contributed by atoms with Gasteiger partial charge in [0.2, 0.25) is 0 Å². The summed E-state index contributed by atoms with van der Waals surface area (Å²) in [4.78, 5) is 17.6. The number of rotatable bonds is 3. The van der Waals surface area contributed by atoms with Crippen molar-refractivity contribution in [1.29, 1.82) is 0 Å². The normalized spacial score (nSPS) is 17.8. The van der Waals surface area contributed by atoms with E-state index in [-0.39, 0.29) is 5.91 Å². The van der Waals surface area contributed by atoms with Gasteiger partial charge in [0.15, 0.2) is 0 Å². The molecule has 100 valence electrons. The zero-order chi connectivity index (χ0) is 13.0. The Labute approximate surface area is 128 Å². The number of carbonyl (C=O) groups is 1. The second-order valence-electron chi connectivity index (χ2n) is 4.27. The number of nitrogens with zero attached hydrogens (tertiary/aromatic N) is 2. The van der Waals surface area contributed by atoms with Gasteiger partial charge in [-0.1, -0.05) is 15.9 Å². The number of alkyl halides is 1. The molecule has 0 bridgehead atoms. The molecule has 2 heterocycles. The summed E-state index contributed by atoms with van der Waals surface area (Å²) in [5.74, 6) is 0.164. The van der Waals surface area contributed by atoms with Crippen molar-refractivity contribution in [2.75, 3.05) is 38.1 Å². The van der Waals surface area contributed by atoms with Crippen LogP contribution in [0.5, 0.6) is 0 Å². The fourth-order valence-electron chi connectivity index (χ4n) is 2.11. The third kappa shape index (κ3) is 3.56. The Balaban J connectivity index is 1.98. The molecule has 3 nitrogen and oxygen atoms in total. The second kappa shape index (κ2) is 7.03. The second-order valence-corrected chi connectivity index (χ2v) is 6.84. The molecular formula is C12H16Br2N2OS. The van der Waals surface area contributed by atoms with Crippen molar-refractivity contribution >= 4 is 49.1 Å². The maximum atomic E-state index is 12.4. The molecule has 1 fully saturated rings. The van der Waals surface area contributed by atoms with Crippen LogP contribution in [0.25, 0.3) is 0 Å². The molecule has 0 aromatic carbocycles. The van der Waals surface area contributed by atoms with Crippen molar-refractivity contribution in [1.82, 2.24) is 9.80 Å². The Morgan fingerprint density at radius 1 is 1.33 bits per heavy atom. The Morgan fingerprint density at radius 2 is 2.17 bits per heavy atom. The first-order valence-electron chi connectivity index (χ1n) is 6.03. The van der Waals surface area contributed by atoms with Crippen LogP contribution >= 0.6 is 43.2 Å². The summed E-state index contributed by atoms with van der Waals surface area (Å²) in [6, 6.07) is 1.94. The molecule has 1 amide bonds.